The summed E-state index contributed by atoms with van der Waals surface area (Å²) >= 11 is 0. The molecule has 0 aliphatic carbocycles. The van der Waals surface area contributed by atoms with Gasteiger partial charge in [0.15, 0.2) is 0 Å². The second kappa shape index (κ2) is 8.08. The molecule has 1 aromatic carbocycles. The molecular weight excluding hydrogens is 230 g/mol. The Morgan fingerprint density at radius 2 is 2.06 bits per heavy atom. The quantitative estimate of drug-likeness (QED) is 0.692. The van der Waals surface area contributed by atoms with Crippen LogP contribution >= 0.6 is 0 Å². The zero-order valence-electron chi connectivity index (χ0n) is 11.4. The third kappa shape index (κ3) is 4.64. The van der Waals surface area contributed by atoms with E-state index in [1.165, 1.54) is 5.56 Å². The summed E-state index contributed by atoms with van der Waals surface area (Å²) in [4.78, 5) is 0. The largest absolute Gasteiger partial charge is 0.491 e. The number of aryl methyl sites for hydroxylation is 1. The number of nitrogens with one attached hydrogen (secondary N) is 1. The van der Waals surface area contributed by atoms with Crippen LogP contribution in [0.15, 0.2) is 18.2 Å². The number of aliphatic hydroxyl groups excluding tert-OH is 1. The first kappa shape index (κ1) is 15.0. The van der Waals surface area contributed by atoms with E-state index in [0.717, 1.165) is 11.3 Å². The van der Waals surface area contributed by atoms with Gasteiger partial charge in [0.25, 0.3) is 0 Å². The maximum atomic E-state index is 8.59. The second-order valence-electron chi connectivity index (χ2n) is 4.24. The number of rotatable bonds is 8. The van der Waals surface area contributed by atoms with Crippen LogP contribution in [0.5, 0.6) is 5.75 Å². The van der Waals surface area contributed by atoms with E-state index in [1.807, 2.05) is 19.2 Å². The summed E-state index contributed by atoms with van der Waals surface area (Å²) in [5.41, 5.74) is 2.37. The van der Waals surface area contributed by atoms with Crippen LogP contribution in [-0.4, -0.2) is 38.6 Å². The van der Waals surface area contributed by atoms with Crippen molar-refractivity contribution in [2.45, 2.75) is 19.9 Å². The molecule has 0 heterocycles. The molecule has 0 aliphatic heterocycles. The summed E-state index contributed by atoms with van der Waals surface area (Å²) in [7, 11) is 1.93. The molecule has 0 saturated carbocycles. The fourth-order valence-electron chi connectivity index (χ4n) is 1.67. The van der Waals surface area contributed by atoms with E-state index >= 15 is 0 Å². The highest BCUT2D eigenvalue weighted by atomic mass is 16.5. The van der Waals surface area contributed by atoms with Gasteiger partial charge in [0.1, 0.15) is 12.4 Å². The first-order valence-corrected chi connectivity index (χ1v) is 6.28. The number of hydrogen-bond acceptors (Lipinski definition) is 4. The van der Waals surface area contributed by atoms with Gasteiger partial charge >= 0.3 is 0 Å². The van der Waals surface area contributed by atoms with Crippen molar-refractivity contribution in [3.05, 3.63) is 29.3 Å². The van der Waals surface area contributed by atoms with Gasteiger partial charge in [-0.2, -0.15) is 0 Å². The van der Waals surface area contributed by atoms with Gasteiger partial charge in [-0.1, -0.05) is 17.7 Å². The molecular formula is C14H23NO3. The van der Waals surface area contributed by atoms with E-state index in [4.69, 9.17) is 14.6 Å². The zero-order valence-corrected chi connectivity index (χ0v) is 11.4. The van der Waals surface area contributed by atoms with Crippen LogP contribution in [0.25, 0.3) is 0 Å². The molecule has 0 amide bonds. The molecule has 0 spiro atoms. The van der Waals surface area contributed by atoms with Gasteiger partial charge in [0, 0.05) is 11.6 Å². The summed E-state index contributed by atoms with van der Waals surface area (Å²) in [6.45, 7) is 5.56. The summed E-state index contributed by atoms with van der Waals surface area (Å²) in [6, 6.07) is 6.41. The molecule has 0 radical (unpaired) electrons. The van der Waals surface area contributed by atoms with Crippen LogP contribution in [0, 0.1) is 6.92 Å². The first-order valence-electron chi connectivity index (χ1n) is 6.28. The lowest BCUT2D eigenvalue weighted by atomic mass is 10.0. The van der Waals surface area contributed by atoms with E-state index in [9.17, 15) is 0 Å². The van der Waals surface area contributed by atoms with Gasteiger partial charge in [-0.3, -0.25) is 0 Å². The van der Waals surface area contributed by atoms with E-state index in [-0.39, 0.29) is 12.6 Å². The molecule has 4 nitrogen and oxygen atoms in total. The molecule has 2 N–H and O–H groups in total. The molecule has 1 atom stereocenters. The molecule has 0 aromatic heterocycles. The monoisotopic (exact) mass is 253 g/mol. The van der Waals surface area contributed by atoms with Crippen molar-refractivity contribution in [2.24, 2.45) is 0 Å². The Balaban J connectivity index is 2.58. The summed E-state index contributed by atoms with van der Waals surface area (Å²) in [5, 5.41) is 11.8. The van der Waals surface area contributed by atoms with Gasteiger partial charge in [-0.15, -0.1) is 0 Å². The highest BCUT2D eigenvalue weighted by Crippen LogP contribution is 2.26. The van der Waals surface area contributed by atoms with E-state index in [0.29, 0.717) is 19.8 Å². The predicted molar refractivity (Wildman–Crippen MR) is 72.1 cm³/mol. The van der Waals surface area contributed by atoms with Gasteiger partial charge < -0.3 is 19.9 Å². The Labute approximate surface area is 109 Å². The first-order chi connectivity index (χ1) is 8.69. The zero-order chi connectivity index (χ0) is 13.4. The van der Waals surface area contributed by atoms with Crippen molar-refractivity contribution in [3.63, 3.8) is 0 Å². The van der Waals surface area contributed by atoms with Crippen molar-refractivity contribution < 1.29 is 14.6 Å². The molecule has 102 valence electrons. The fourth-order valence-corrected chi connectivity index (χ4v) is 1.67. The highest BCUT2D eigenvalue weighted by Gasteiger charge is 2.10. The second-order valence-corrected chi connectivity index (χ2v) is 4.24. The fraction of sp³-hybridized carbons (Fsp3) is 0.571. The summed E-state index contributed by atoms with van der Waals surface area (Å²) in [5.74, 6) is 0.884. The van der Waals surface area contributed by atoms with Gasteiger partial charge in [-0.25, -0.2) is 0 Å². The molecule has 4 heteroatoms. The Kier molecular flexibility index (Phi) is 6.72. The molecule has 1 rings (SSSR count). The van der Waals surface area contributed by atoms with E-state index in [1.54, 1.807) is 0 Å². The third-order valence-electron chi connectivity index (χ3n) is 2.79. The maximum Gasteiger partial charge on any atom is 0.124 e. The Morgan fingerprint density at radius 3 is 2.72 bits per heavy atom. The highest BCUT2D eigenvalue weighted by molar-refractivity contribution is 5.38. The van der Waals surface area contributed by atoms with Crippen LogP contribution in [0.3, 0.4) is 0 Å². The van der Waals surface area contributed by atoms with Crippen LogP contribution in [-0.2, 0) is 4.74 Å². The van der Waals surface area contributed by atoms with Crippen LogP contribution in [0.4, 0.5) is 0 Å². The van der Waals surface area contributed by atoms with Crippen molar-refractivity contribution in [2.75, 3.05) is 33.5 Å². The molecule has 1 unspecified atom stereocenters. The Morgan fingerprint density at radius 1 is 1.28 bits per heavy atom. The Hall–Kier alpha value is -1.10. The Bertz CT molecular complexity index is 355. The SMILES string of the molecule is CNC(C)c1cc(C)ccc1OCCOCCO. The number of hydrogen-bond donors (Lipinski definition) is 2. The van der Waals surface area contributed by atoms with Crippen LogP contribution in [0.2, 0.25) is 0 Å². The molecule has 0 bridgehead atoms. The minimum absolute atomic E-state index is 0.0482. The van der Waals surface area contributed by atoms with Gasteiger partial charge in [-0.05, 0) is 27.0 Å². The lowest BCUT2D eigenvalue weighted by Gasteiger charge is -2.17. The predicted octanol–water partition coefficient (Wildman–Crippen LogP) is 1.66. The molecule has 0 saturated heterocycles. The van der Waals surface area contributed by atoms with Gasteiger partial charge in [0.05, 0.1) is 19.8 Å². The number of ether oxygens (including phenoxy) is 2. The molecule has 0 fully saturated rings. The lowest BCUT2D eigenvalue weighted by molar-refractivity contribution is 0.0702. The normalized spacial score (nSPS) is 12.4. The van der Waals surface area contributed by atoms with Gasteiger partial charge in [0.2, 0.25) is 0 Å². The average Bonchev–Trinajstić information content (AvgIpc) is 2.39. The van der Waals surface area contributed by atoms with Crippen molar-refractivity contribution in [1.29, 1.82) is 0 Å². The maximum absolute atomic E-state index is 8.59. The standard InChI is InChI=1S/C14H23NO3/c1-11-4-5-14(13(10-11)12(2)15-3)18-9-8-17-7-6-16/h4-5,10,12,15-16H,6-9H2,1-3H3. The molecule has 0 aliphatic rings. The summed E-state index contributed by atoms with van der Waals surface area (Å²) < 4.78 is 10.9. The van der Waals surface area contributed by atoms with Crippen LogP contribution < -0.4 is 10.1 Å². The van der Waals surface area contributed by atoms with Crippen molar-refractivity contribution >= 4 is 0 Å². The molecule has 18 heavy (non-hydrogen) atoms. The number of benzene rings is 1. The van der Waals surface area contributed by atoms with Crippen molar-refractivity contribution in [1.82, 2.24) is 5.32 Å². The van der Waals surface area contributed by atoms with E-state index in [2.05, 4.69) is 25.2 Å². The number of aliphatic hydroxyl groups is 1. The topological polar surface area (TPSA) is 50.7 Å². The minimum Gasteiger partial charge on any atom is -0.491 e. The average molecular weight is 253 g/mol. The third-order valence-corrected chi connectivity index (χ3v) is 2.79. The van der Waals surface area contributed by atoms with E-state index < -0.39 is 0 Å². The smallest absolute Gasteiger partial charge is 0.124 e. The van der Waals surface area contributed by atoms with Crippen LogP contribution in [0.1, 0.15) is 24.1 Å². The van der Waals surface area contributed by atoms with Crippen molar-refractivity contribution in [3.8, 4) is 5.75 Å². The lowest BCUT2D eigenvalue weighted by Crippen LogP contribution is -2.15. The summed E-state index contributed by atoms with van der Waals surface area (Å²) in [6.07, 6.45) is 0. The molecule has 1 aromatic rings. The minimum atomic E-state index is 0.0482.